The van der Waals surface area contributed by atoms with Crippen molar-refractivity contribution < 1.29 is 14.3 Å². The highest BCUT2D eigenvalue weighted by atomic mass is 16.5. The maximum Gasteiger partial charge on any atom is 0.306 e. The molecule has 0 amide bonds. The quantitative estimate of drug-likeness (QED) is 0.694. The molecule has 15 heavy (non-hydrogen) atoms. The van der Waals surface area contributed by atoms with Gasteiger partial charge < -0.3 is 14.8 Å². The summed E-state index contributed by atoms with van der Waals surface area (Å²) in [6.07, 6.45) is 1.78. The minimum Gasteiger partial charge on any atom is -0.469 e. The second-order valence-corrected chi connectivity index (χ2v) is 4.61. The van der Waals surface area contributed by atoms with Crippen molar-refractivity contribution in [1.82, 2.24) is 5.32 Å². The second kappa shape index (κ2) is 4.94. The Labute approximate surface area is 91.3 Å². The van der Waals surface area contributed by atoms with E-state index in [1.807, 2.05) is 0 Å². The van der Waals surface area contributed by atoms with Crippen LogP contribution in [0.3, 0.4) is 0 Å². The number of carbonyl (C=O) groups is 1. The van der Waals surface area contributed by atoms with Gasteiger partial charge in [-0.25, -0.2) is 0 Å². The van der Waals surface area contributed by atoms with Gasteiger partial charge in [-0.3, -0.25) is 4.79 Å². The molecular formula is C11H21NO3. The van der Waals surface area contributed by atoms with Crippen molar-refractivity contribution in [3.63, 3.8) is 0 Å². The van der Waals surface area contributed by atoms with Crippen LogP contribution in [-0.2, 0) is 14.3 Å². The molecule has 0 aliphatic heterocycles. The van der Waals surface area contributed by atoms with Gasteiger partial charge in [0, 0.05) is 25.1 Å². The van der Waals surface area contributed by atoms with Crippen LogP contribution < -0.4 is 5.32 Å². The van der Waals surface area contributed by atoms with Gasteiger partial charge in [-0.15, -0.1) is 0 Å². The van der Waals surface area contributed by atoms with Crippen LogP contribution in [0.5, 0.6) is 0 Å². The van der Waals surface area contributed by atoms with Gasteiger partial charge in [-0.2, -0.15) is 0 Å². The van der Waals surface area contributed by atoms with Gasteiger partial charge in [0.25, 0.3) is 0 Å². The highest BCUT2D eigenvalue weighted by Gasteiger charge is 2.48. The molecule has 1 N–H and O–H groups in total. The Kier molecular flexibility index (Phi) is 4.11. The lowest BCUT2D eigenvalue weighted by Gasteiger charge is -2.51. The van der Waals surface area contributed by atoms with E-state index in [0.717, 1.165) is 6.42 Å². The third-order valence-electron chi connectivity index (χ3n) is 3.41. The van der Waals surface area contributed by atoms with Crippen LogP contribution in [0.4, 0.5) is 0 Å². The smallest absolute Gasteiger partial charge is 0.306 e. The molecule has 2 unspecified atom stereocenters. The summed E-state index contributed by atoms with van der Waals surface area (Å²) < 4.78 is 9.92. The number of esters is 1. The molecule has 0 aromatic heterocycles. The van der Waals surface area contributed by atoms with Gasteiger partial charge in [-0.05, 0) is 6.42 Å². The molecule has 1 rings (SSSR count). The fourth-order valence-electron chi connectivity index (χ4n) is 2.08. The number of carbonyl (C=O) groups excluding carboxylic acids is 1. The van der Waals surface area contributed by atoms with Gasteiger partial charge in [0.2, 0.25) is 0 Å². The number of nitrogens with one attached hydrogen (secondary N) is 1. The molecule has 1 fully saturated rings. The van der Waals surface area contributed by atoms with Gasteiger partial charge in [0.15, 0.2) is 0 Å². The molecule has 1 aliphatic carbocycles. The van der Waals surface area contributed by atoms with Crippen LogP contribution >= 0.6 is 0 Å². The highest BCUT2D eigenvalue weighted by molar-refractivity contribution is 5.69. The third-order valence-corrected chi connectivity index (χ3v) is 3.41. The van der Waals surface area contributed by atoms with Crippen LogP contribution in [0.1, 0.15) is 26.7 Å². The number of ether oxygens (including phenoxy) is 2. The molecule has 1 saturated carbocycles. The Morgan fingerprint density at radius 2 is 2.13 bits per heavy atom. The summed E-state index contributed by atoms with van der Waals surface area (Å²) in [4.78, 5) is 10.9. The lowest BCUT2D eigenvalue weighted by atomic mass is 9.64. The summed E-state index contributed by atoms with van der Waals surface area (Å²) >= 11 is 0. The fraction of sp³-hybridized carbons (Fsp3) is 0.909. The van der Waals surface area contributed by atoms with Crippen LogP contribution in [0.2, 0.25) is 0 Å². The van der Waals surface area contributed by atoms with Gasteiger partial charge in [0.05, 0.1) is 19.6 Å². The molecule has 4 nitrogen and oxygen atoms in total. The Hall–Kier alpha value is -0.610. The fourth-order valence-corrected chi connectivity index (χ4v) is 2.08. The van der Waals surface area contributed by atoms with E-state index in [4.69, 9.17) is 4.74 Å². The van der Waals surface area contributed by atoms with Gasteiger partial charge in [-0.1, -0.05) is 13.8 Å². The van der Waals surface area contributed by atoms with Crippen molar-refractivity contribution in [3.8, 4) is 0 Å². The Morgan fingerprint density at radius 1 is 1.47 bits per heavy atom. The van der Waals surface area contributed by atoms with E-state index >= 15 is 0 Å². The molecular weight excluding hydrogens is 194 g/mol. The van der Waals surface area contributed by atoms with E-state index in [1.165, 1.54) is 7.11 Å². The van der Waals surface area contributed by atoms with E-state index in [-0.39, 0.29) is 11.4 Å². The van der Waals surface area contributed by atoms with Crippen molar-refractivity contribution in [1.29, 1.82) is 0 Å². The third kappa shape index (κ3) is 2.69. The first-order chi connectivity index (χ1) is 7.02. The summed E-state index contributed by atoms with van der Waals surface area (Å²) in [5.41, 5.74) is 0.158. The number of hydrogen-bond donors (Lipinski definition) is 1. The molecule has 0 aromatic rings. The molecule has 0 saturated heterocycles. The summed E-state index contributed by atoms with van der Waals surface area (Å²) in [5, 5.41) is 3.36. The normalized spacial score (nSPS) is 28.3. The average molecular weight is 215 g/mol. The van der Waals surface area contributed by atoms with E-state index < -0.39 is 0 Å². The zero-order chi connectivity index (χ0) is 11.5. The Morgan fingerprint density at radius 3 is 2.60 bits per heavy atom. The second-order valence-electron chi connectivity index (χ2n) is 4.61. The maximum absolute atomic E-state index is 10.9. The summed E-state index contributed by atoms with van der Waals surface area (Å²) in [5.74, 6) is -0.164. The number of rotatable bonds is 5. The number of methoxy groups -OCH3 is 2. The summed E-state index contributed by atoms with van der Waals surface area (Å²) in [6, 6.07) is 0.437. The zero-order valence-electron chi connectivity index (χ0n) is 10.0. The Balaban J connectivity index is 2.22. The molecule has 0 bridgehead atoms. The highest BCUT2D eigenvalue weighted by Crippen LogP contribution is 2.42. The van der Waals surface area contributed by atoms with Crippen LogP contribution in [-0.4, -0.2) is 38.9 Å². The molecule has 0 heterocycles. The van der Waals surface area contributed by atoms with E-state index in [9.17, 15) is 4.79 Å². The first-order valence-electron chi connectivity index (χ1n) is 5.35. The van der Waals surface area contributed by atoms with E-state index in [0.29, 0.717) is 25.1 Å². The minimum absolute atomic E-state index is 0.158. The maximum atomic E-state index is 10.9. The molecule has 4 heteroatoms. The standard InChI is InChI=1S/C11H21NO3/c1-11(2)8(7-9(11)14-3)12-6-5-10(13)15-4/h8-9,12H,5-7H2,1-4H3. The van der Waals surface area contributed by atoms with Crippen LogP contribution in [0, 0.1) is 5.41 Å². The molecule has 0 radical (unpaired) electrons. The van der Waals surface area contributed by atoms with Crippen LogP contribution in [0.15, 0.2) is 0 Å². The minimum atomic E-state index is -0.164. The first-order valence-corrected chi connectivity index (χ1v) is 5.35. The molecule has 88 valence electrons. The Bertz CT molecular complexity index is 228. The van der Waals surface area contributed by atoms with Gasteiger partial charge >= 0.3 is 5.97 Å². The average Bonchev–Trinajstić information content (AvgIpc) is 2.21. The van der Waals surface area contributed by atoms with E-state index in [2.05, 4.69) is 23.9 Å². The largest absolute Gasteiger partial charge is 0.469 e. The molecule has 0 spiro atoms. The summed E-state index contributed by atoms with van der Waals surface area (Å²) in [7, 11) is 3.16. The lowest BCUT2D eigenvalue weighted by molar-refractivity contribution is -0.140. The van der Waals surface area contributed by atoms with Gasteiger partial charge in [0.1, 0.15) is 0 Å². The van der Waals surface area contributed by atoms with Crippen molar-refractivity contribution in [3.05, 3.63) is 0 Å². The molecule has 0 aromatic carbocycles. The van der Waals surface area contributed by atoms with E-state index in [1.54, 1.807) is 7.11 Å². The SMILES string of the molecule is COC(=O)CCNC1CC(OC)C1(C)C. The van der Waals surface area contributed by atoms with Crippen molar-refractivity contribution in [2.75, 3.05) is 20.8 Å². The van der Waals surface area contributed by atoms with Crippen molar-refractivity contribution in [2.45, 2.75) is 38.8 Å². The monoisotopic (exact) mass is 215 g/mol. The molecule has 2 atom stereocenters. The predicted molar refractivity (Wildman–Crippen MR) is 57.6 cm³/mol. The topological polar surface area (TPSA) is 47.6 Å². The summed E-state index contributed by atoms with van der Waals surface area (Å²) in [6.45, 7) is 5.04. The zero-order valence-corrected chi connectivity index (χ0v) is 10.0. The van der Waals surface area contributed by atoms with Crippen molar-refractivity contribution >= 4 is 5.97 Å². The van der Waals surface area contributed by atoms with Crippen LogP contribution in [0.25, 0.3) is 0 Å². The predicted octanol–water partition coefficient (Wildman–Crippen LogP) is 0.953. The number of hydrogen-bond acceptors (Lipinski definition) is 4. The van der Waals surface area contributed by atoms with Crippen molar-refractivity contribution in [2.24, 2.45) is 5.41 Å². The molecule has 1 aliphatic rings. The lowest BCUT2D eigenvalue weighted by Crippen LogP contribution is -2.60. The first kappa shape index (κ1) is 12.5.